The van der Waals surface area contributed by atoms with Crippen LogP contribution in [0.4, 0.5) is 10.5 Å². The number of amides is 2. The smallest absolute Gasteiger partial charge is 0.319 e. The van der Waals surface area contributed by atoms with Crippen molar-refractivity contribution in [3.05, 3.63) is 29.8 Å². The molecule has 0 aliphatic heterocycles. The molecule has 1 aromatic rings. The Balaban J connectivity index is 2.37. The normalized spacial score (nSPS) is 11.9. The van der Waals surface area contributed by atoms with Crippen molar-refractivity contribution in [1.29, 1.82) is 0 Å². The maximum absolute atomic E-state index is 11.8. The topological polar surface area (TPSA) is 61.4 Å². The summed E-state index contributed by atoms with van der Waals surface area (Å²) in [6, 6.07) is 7.79. The Labute approximate surface area is 125 Å². The minimum atomic E-state index is -0.202. The average Bonchev–Trinajstić information content (AvgIpc) is 2.44. The first-order chi connectivity index (χ1) is 9.65. The third kappa shape index (κ3) is 6.82. The van der Waals surface area contributed by atoms with E-state index in [-0.39, 0.29) is 18.7 Å². The van der Waals surface area contributed by atoms with Crippen molar-refractivity contribution in [2.75, 3.05) is 23.9 Å². The minimum Gasteiger partial charge on any atom is -0.396 e. The van der Waals surface area contributed by atoms with Crippen LogP contribution in [0, 0.1) is 0 Å². The number of carbonyl (C=O) groups excluding carboxylic acids is 1. The Morgan fingerprint density at radius 3 is 2.65 bits per heavy atom. The van der Waals surface area contributed by atoms with Crippen LogP contribution in [0.25, 0.3) is 0 Å². The summed E-state index contributed by atoms with van der Waals surface area (Å²) in [5, 5.41) is 14.4. The third-order valence-electron chi connectivity index (χ3n) is 2.98. The highest BCUT2D eigenvalue weighted by Crippen LogP contribution is 2.11. The fraction of sp³-hybridized carbons (Fsp3) is 0.533. The van der Waals surface area contributed by atoms with E-state index in [1.165, 1.54) is 5.56 Å². The monoisotopic (exact) mass is 296 g/mol. The highest BCUT2D eigenvalue weighted by Gasteiger charge is 2.06. The van der Waals surface area contributed by atoms with E-state index in [2.05, 4.69) is 16.9 Å². The highest BCUT2D eigenvalue weighted by atomic mass is 32.2. The van der Waals surface area contributed by atoms with E-state index in [0.717, 1.165) is 24.3 Å². The van der Waals surface area contributed by atoms with Gasteiger partial charge in [-0.25, -0.2) is 4.79 Å². The molecule has 0 heterocycles. The molecule has 0 aliphatic carbocycles. The number of benzene rings is 1. The van der Waals surface area contributed by atoms with Crippen LogP contribution in [0.15, 0.2) is 24.3 Å². The van der Waals surface area contributed by atoms with E-state index in [4.69, 9.17) is 5.11 Å². The molecule has 0 aromatic heterocycles. The molecular weight excluding hydrogens is 272 g/mol. The molecule has 0 bridgehead atoms. The maximum Gasteiger partial charge on any atom is 0.319 e. The van der Waals surface area contributed by atoms with Crippen LogP contribution >= 0.6 is 11.8 Å². The molecule has 112 valence electrons. The van der Waals surface area contributed by atoms with E-state index >= 15 is 0 Å². The Bertz CT molecular complexity index is 395. The molecule has 1 rings (SSSR count). The fourth-order valence-corrected chi connectivity index (χ4v) is 2.28. The van der Waals surface area contributed by atoms with E-state index in [9.17, 15) is 4.79 Å². The fourth-order valence-electron chi connectivity index (χ4n) is 1.84. The second-order valence-corrected chi connectivity index (χ2v) is 5.79. The van der Waals surface area contributed by atoms with Crippen molar-refractivity contribution in [2.45, 2.75) is 32.2 Å². The molecule has 20 heavy (non-hydrogen) atoms. The number of carbonyl (C=O) groups is 1. The zero-order valence-corrected chi connectivity index (χ0v) is 13.0. The van der Waals surface area contributed by atoms with E-state index in [1.54, 1.807) is 0 Å². The average molecular weight is 296 g/mol. The molecule has 0 saturated carbocycles. The highest BCUT2D eigenvalue weighted by molar-refractivity contribution is 7.98. The molecule has 0 radical (unpaired) electrons. The minimum absolute atomic E-state index is 0.0583. The molecular formula is C15H24N2O2S. The summed E-state index contributed by atoms with van der Waals surface area (Å²) in [4.78, 5) is 11.8. The van der Waals surface area contributed by atoms with Crippen LogP contribution in [0.1, 0.15) is 25.3 Å². The van der Waals surface area contributed by atoms with Crippen LogP contribution in [-0.4, -0.2) is 35.8 Å². The molecule has 1 atom stereocenters. The summed E-state index contributed by atoms with van der Waals surface area (Å²) in [5.74, 6) is 1.11. The maximum atomic E-state index is 11.8. The van der Waals surface area contributed by atoms with Crippen LogP contribution in [0.3, 0.4) is 0 Å². The lowest BCUT2D eigenvalue weighted by Gasteiger charge is -2.14. The van der Waals surface area contributed by atoms with Crippen molar-refractivity contribution in [2.24, 2.45) is 0 Å². The molecule has 0 aliphatic rings. The van der Waals surface area contributed by atoms with Crippen molar-refractivity contribution >= 4 is 23.5 Å². The lowest BCUT2D eigenvalue weighted by molar-refractivity contribution is 0.245. The van der Waals surface area contributed by atoms with Gasteiger partial charge in [0.05, 0.1) is 0 Å². The predicted octanol–water partition coefficient (Wildman–Crippen LogP) is 2.87. The Morgan fingerprint density at radius 2 is 2.05 bits per heavy atom. The van der Waals surface area contributed by atoms with Gasteiger partial charge >= 0.3 is 6.03 Å². The molecule has 2 amide bonds. The predicted molar refractivity (Wildman–Crippen MR) is 86.5 cm³/mol. The quantitative estimate of drug-likeness (QED) is 0.691. The number of hydrogen-bond acceptors (Lipinski definition) is 3. The molecule has 5 heteroatoms. The van der Waals surface area contributed by atoms with Gasteiger partial charge < -0.3 is 15.7 Å². The van der Waals surface area contributed by atoms with Gasteiger partial charge in [-0.15, -0.1) is 0 Å². The number of hydrogen-bond donors (Lipinski definition) is 3. The van der Waals surface area contributed by atoms with E-state index in [0.29, 0.717) is 6.42 Å². The SMILES string of the molecule is CSCCc1ccc(NC(=O)NC(C)CCCO)cc1. The molecule has 1 aromatic carbocycles. The van der Waals surface area contributed by atoms with Gasteiger partial charge in [-0.3, -0.25) is 0 Å². The first-order valence-electron chi connectivity index (χ1n) is 6.92. The van der Waals surface area contributed by atoms with Gasteiger partial charge in [-0.05, 0) is 55.9 Å². The van der Waals surface area contributed by atoms with Crippen molar-refractivity contribution in [3.8, 4) is 0 Å². The van der Waals surface area contributed by atoms with Crippen LogP contribution < -0.4 is 10.6 Å². The van der Waals surface area contributed by atoms with Gasteiger partial charge in [-0.1, -0.05) is 12.1 Å². The molecule has 0 saturated heterocycles. The Morgan fingerprint density at radius 1 is 1.35 bits per heavy atom. The summed E-state index contributed by atoms with van der Waals surface area (Å²) in [5.41, 5.74) is 2.08. The van der Waals surface area contributed by atoms with E-state index < -0.39 is 0 Å². The molecule has 1 unspecified atom stereocenters. The molecule has 3 N–H and O–H groups in total. The number of anilines is 1. The van der Waals surface area contributed by atoms with E-state index in [1.807, 2.05) is 43.0 Å². The zero-order chi connectivity index (χ0) is 14.8. The van der Waals surface area contributed by atoms with Crippen LogP contribution in [0.5, 0.6) is 0 Å². The number of aliphatic hydroxyl groups excluding tert-OH is 1. The van der Waals surface area contributed by atoms with Crippen molar-refractivity contribution in [1.82, 2.24) is 5.32 Å². The number of aliphatic hydroxyl groups is 1. The molecule has 0 spiro atoms. The first kappa shape index (κ1) is 16.9. The summed E-state index contributed by atoms with van der Waals surface area (Å²) in [6.07, 6.45) is 4.62. The summed E-state index contributed by atoms with van der Waals surface area (Å²) >= 11 is 1.83. The molecule has 4 nitrogen and oxygen atoms in total. The second-order valence-electron chi connectivity index (χ2n) is 4.81. The standard InChI is InChI=1S/C15H24N2O2S/c1-12(4-3-10-18)16-15(19)17-14-7-5-13(6-8-14)9-11-20-2/h5-8,12,18H,3-4,9-11H2,1-2H3,(H2,16,17,19). The first-order valence-corrected chi connectivity index (χ1v) is 8.31. The van der Waals surface area contributed by atoms with Crippen molar-refractivity contribution < 1.29 is 9.90 Å². The van der Waals surface area contributed by atoms with Crippen LogP contribution in [-0.2, 0) is 6.42 Å². The number of rotatable bonds is 8. The Hall–Kier alpha value is -1.20. The zero-order valence-electron chi connectivity index (χ0n) is 12.2. The van der Waals surface area contributed by atoms with Gasteiger partial charge in [0.25, 0.3) is 0 Å². The number of nitrogens with one attached hydrogen (secondary N) is 2. The lowest BCUT2D eigenvalue weighted by Crippen LogP contribution is -2.36. The summed E-state index contributed by atoms with van der Waals surface area (Å²) in [7, 11) is 0. The number of urea groups is 1. The lowest BCUT2D eigenvalue weighted by atomic mass is 10.1. The third-order valence-corrected chi connectivity index (χ3v) is 3.59. The van der Waals surface area contributed by atoms with Gasteiger partial charge in [0.2, 0.25) is 0 Å². The summed E-state index contributed by atoms with van der Waals surface area (Å²) in [6.45, 7) is 2.09. The van der Waals surface area contributed by atoms with Gasteiger partial charge in [0.1, 0.15) is 0 Å². The van der Waals surface area contributed by atoms with Crippen molar-refractivity contribution in [3.63, 3.8) is 0 Å². The van der Waals surface area contributed by atoms with Crippen LogP contribution in [0.2, 0.25) is 0 Å². The number of aryl methyl sites for hydroxylation is 1. The molecule has 0 fully saturated rings. The largest absolute Gasteiger partial charge is 0.396 e. The van der Waals surface area contributed by atoms with Gasteiger partial charge in [0.15, 0.2) is 0 Å². The Kier molecular flexibility index (Phi) is 8.14. The number of thioether (sulfide) groups is 1. The van der Waals surface area contributed by atoms with Gasteiger partial charge in [0, 0.05) is 18.3 Å². The second kappa shape index (κ2) is 9.66. The summed E-state index contributed by atoms with van der Waals surface area (Å²) < 4.78 is 0. The van der Waals surface area contributed by atoms with Gasteiger partial charge in [-0.2, -0.15) is 11.8 Å².